The summed E-state index contributed by atoms with van der Waals surface area (Å²) in [5.41, 5.74) is 0. The molecule has 0 amide bonds. The molecule has 1 aromatic rings. The molecule has 1 fully saturated rings. The molecule has 1 aliphatic carbocycles. The van der Waals surface area contributed by atoms with Crippen molar-refractivity contribution in [2.45, 2.75) is 25.4 Å². The topological polar surface area (TPSA) is 70.1 Å². The summed E-state index contributed by atoms with van der Waals surface area (Å²) in [6, 6.07) is 1.85. The van der Waals surface area contributed by atoms with Gasteiger partial charge in [0.15, 0.2) is 0 Å². The second-order valence-corrected chi connectivity index (χ2v) is 4.23. The van der Waals surface area contributed by atoms with E-state index < -0.39 is 0 Å². The summed E-state index contributed by atoms with van der Waals surface area (Å²) < 4.78 is 0. The van der Waals surface area contributed by atoms with Crippen LogP contribution in [0.15, 0.2) is 12.3 Å². The number of hydrogen-bond acceptors (Lipinski definition) is 5. The summed E-state index contributed by atoms with van der Waals surface area (Å²) in [4.78, 5) is 8.32. The molecule has 0 saturated heterocycles. The van der Waals surface area contributed by atoms with Crippen molar-refractivity contribution in [2.75, 3.05) is 24.2 Å². The molecule has 0 aliphatic heterocycles. The van der Waals surface area contributed by atoms with E-state index in [2.05, 4.69) is 20.6 Å². The van der Waals surface area contributed by atoms with Crippen LogP contribution in [0.4, 0.5) is 11.8 Å². The van der Waals surface area contributed by atoms with Gasteiger partial charge in [0.05, 0.1) is 6.10 Å². The van der Waals surface area contributed by atoms with Crippen molar-refractivity contribution in [2.24, 2.45) is 5.92 Å². The van der Waals surface area contributed by atoms with E-state index in [0.717, 1.165) is 31.6 Å². The van der Waals surface area contributed by atoms with E-state index >= 15 is 0 Å². The van der Waals surface area contributed by atoms with Crippen molar-refractivity contribution in [1.29, 1.82) is 0 Å². The molecule has 0 aromatic carbocycles. The number of hydrogen-bond donors (Lipinski definition) is 3. The van der Waals surface area contributed by atoms with Gasteiger partial charge in [-0.3, -0.25) is 0 Å². The van der Waals surface area contributed by atoms with Gasteiger partial charge >= 0.3 is 0 Å². The zero-order valence-corrected chi connectivity index (χ0v) is 9.48. The third kappa shape index (κ3) is 2.82. The van der Waals surface area contributed by atoms with Crippen LogP contribution in [0.1, 0.15) is 19.3 Å². The fourth-order valence-electron chi connectivity index (χ4n) is 2.06. The van der Waals surface area contributed by atoms with Crippen LogP contribution in [-0.2, 0) is 0 Å². The van der Waals surface area contributed by atoms with Crippen molar-refractivity contribution in [1.82, 2.24) is 9.97 Å². The Bertz CT molecular complexity index is 345. The van der Waals surface area contributed by atoms with E-state index in [4.69, 9.17) is 0 Å². The number of nitrogens with zero attached hydrogens (tertiary/aromatic N) is 2. The molecule has 1 aromatic heterocycles. The zero-order chi connectivity index (χ0) is 11.4. The first-order valence-corrected chi connectivity index (χ1v) is 5.70. The van der Waals surface area contributed by atoms with Gasteiger partial charge in [0.2, 0.25) is 5.95 Å². The maximum absolute atomic E-state index is 9.42. The predicted octanol–water partition coefficient (Wildman–Crippen LogP) is 1.09. The molecule has 1 aliphatic rings. The van der Waals surface area contributed by atoms with Gasteiger partial charge in [-0.15, -0.1) is 0 Å². The minimum atomic E-state index is -0.106. The van der Waals surface area contributed by atoms with Crippen molar-refractivity contribution in [3.05, 3.63) is 12.3 Å². The molecule has 3 N–H and O–H groups in total. The van der Waals surface area contributed by atoms with Gasteiger partial charge in [-0.25, -0.2) is 4.98 Å². The minimum Gasteiger partial charge on any atom is -0.393 e. The van der Waals surface area contributed by atoms with Gasteiger partial charge in [-0.2, -0.15) is 4.98 Å². The number of aliphatic hydroxyl groups excluding tert-OH is 1. The molecule has 1 saturated carbocycles. The Hall–Kier alpha value is -1.36. The van der Waals surface area contributed by atoms with Crippen LogP contribution < -0.4 is 10.6 Å². The molecule has 16 heavy (non-hydrogen) atoms. The van der Waals surface area contributed by atoms with Gasteiger partial charge < -0.3 is 15.7 Å². The van der Waals surface area contributed by atoms with Crippen LogP contribution in [-0.4, -0.2) is 34.8 Å². The van der Waals surface area contributed by atoms with Crippen molar-refractivity contribution in [3.8, 4) is 0 Å². The Balaban J connectivity index is 1.84. The average Bonchev–Trinajstić information content (AvgIpc) is 2.73. The van der Waals surface area contributed by atoms with Crippen LogP contribution >= 0.6 is 0 Å². The van der Waals surface area contributed by atoms with E-state index in [9.17, 15) is 5.11 Å². The molecular weight excluding hydrogens is 204 g/mol. The summed E-state index contributed by atoms with van der Waals surface area (Å²) in [6.45, 7) is 0.872. The summed E-state index contributed by atoms with van der Waals surface area (Å²) in [6.07, 6.45) is 4.54. The highest BCUT2D eigenvalue weighted by molar-refractivity contribution is 5.39. The lowest BCUT2D eigenvalue weighted by Crippen LogP contribution is -2.13. The Morgan fingerprint density at radius 3 is 3.06 bits per heavy atom. The van der Waals surface area contributed by atoms with E-state index in [1.807, 2.05) is 6.07 Å². The van der Waals surface area contributed by atoms with Crippen LogP contribution in [0.3, 0.4) is 0 Å². The molecule has 2 unspecified atom stereocenters. The average molecular weight is 222 g/mol. The monoisotopic (exact) mass is 222 g/mol. The number of rotatable bonds is 4. The molecular formula is C11H18N4O. The van der Waals surface area contributed by atoms with Crippen molar-refractivity contribution in [3.63, 3.8) is 0 Å². The summed E-state index contributed by atoms with van der Waals surface area (Å²) in [5.74, 6) is 2.01. The van der Waals surface area contributed by atoms with Crippen molar-refractivity contribution < 1.29 is 5.11 Å². The highest BCUT2D eigenvalue weighted by Gasteiger charge is 2.22. The van der Waals surface area contributed by atoms with Crippen LogP contribution in [0, 0.1) is 5.92 Å². The molecule has 0 bridgehead atoms. The second kappa shape index (κ2) is 5.12. The maximum Gasteiger partial charge on any atom is 0.224 e. The molecule has 2 atom stereocenters. The Morgan fingerprint density at radius 2 is 2.38 bits per heavy atom. The first-order valence-electron chi connectivity index (χ1n) is 5.70. The molecule has 5 heteroatoms. The molecule has 1 heterocycles. The Kier molecular flexibility index (Phi) is 3.56. The minimum absolute atomic E-state index is 0.106. The van der Waals surface area contributed by atoms with Crippen molar-refractivity contribution >= 4 is 11.8 Å². The van der Waals surface area contributed by atoms with Crippen LogP contribution in [0.5, 0.6) is 0 Å². The lowest BCUT2D eigenvalue weighted by Gasteiger charge is -2.11. The van der Waals surface area contributed by atoms with Gasteiger partial charge in [-0.05, 0) is 31.2 Å². The predicted molar refractivity (Wildman–Crippen MR) is 63.4 cm³/mol. The number of aromatic nitrogens is 2. The van der Waals surface area contributed by atoms with Gasteiger partial charge in [-0.1, -0.05) is 0 Å². The fourth-order valence-corrected chi connectivity index (χ4v) is 2.06. The fraction of sp³-hybridized carbons (Fsp3) is 0.636. The Morgan fingerprint density at radius 1 is 1.50 bits per heavy atom. The maximum atomic E-state index is 9.42. The summed E-state index contributed by atoms with van der Waals surface area (Å²) >= 11 is 0. The third-order valence-corrected chi connectivity index (χ3v) is 2.96. The van der Waals surface area contributed by atoms with E-state index in [1.165, 1.54) is 0 Å². The lowest BCUT2D eigenvalue weighted by atomic mass is 10.1. The first kappa shape index (κ1) is 11.1. The number of anilines is 2. The van der Waals surface area contributed by atoms with Gasteiger partial charge in [0.25, 0.3) is 0 Å². The third-order valence-electron chi connectivity index (χ3n) is 2.96. The van der Waals surface area contributed by atoms with Crippen LogP contribution in [0.2, 0.25) is 0 Å². The molecule has 0 spiro atoms. The SMILES string of the molecule is CNc1nccc(NCC2CCC(O)C2)n1. The normalized spacial score (nSPS) is 24.4. The molecule has 2 rings (SSSR count). The standard InChI is InChI=1S/C11H18N4O/c1-12-11-13-5-4-10(15-11)14-7-8-2-3-9(16)6-8/h4-5,8-9,16H,2-3,6-7H2,1H3,(H2,12,13,14,15). The zero-order valence-electron chi connectivity index (χ0n) is 9.48. The highest BCUT2D eigenvalue weighted by atomic mass is 16.3. The smallest absolute Gasteiger partial charge is 0.224 e. The molecule has 5 nitrogen and oxygen atoms in total. The van der Waals surface area contributed by atoms with E-state index in [1.54, 1.807) is 13.2 Å². The van der Waals surface area contributed by atoms with E-state index in [-0.39, 0.29) is 6.10 Å². The molecule has 0 radical (unpaired) electrons. The van der Waals surface area contributed by atoms with Gasteiger partial charge in [0.1, 0.15) is 5.82 Å². The summed E-state index contributed by atoms with van der Waals surface area (Å²) in [5, 5.41) is 15.6. The Labute approximate surface area is 95.3 Å². The van der Waals surface area contributed by atoms with E-state index in [0.29, 0.717) is 11.9 Å². The second-order valence-electron chi connectivity index (χ2n) is 4.23. The van der Waals surface area contributed by atoms with Crippen LogP contribution in [0.25, 0.3) is 0 Å². The lowest BCUT2D eigenvalue weighted by molar-refractivity contribution is 0.178. The summed E-state index contributed by atoms with van der Waals surface area (Å²) in [7, 11) is 1.80. The number of aliphatic hydroxyl groups is 1. The molecule has 88 valence electrons. The quantitative estimate of drug-likeness (QED) is 0.711. The number of nitrogens with one attached hydrogen (secondary N) is 2. The highest BCUT2D eigenvalue weighted by Crippen LogP contribution is 2.25. The van der Waals surface area contributed by atoms with Gasteiger partial charge in [0, 0.05) is 19.8 Å². The first-order chi connectivity index (χ1) is 7.78. The largest absolute Gasteiger partial charge is 0.393 e.